The first kappa shape index (κ1) is 22.9. The summed E-state index contributed by atoms with van der Waals surface area (Å²) in [5.41, 5.74) is 8.33. The normalized spacial score (nSPS) is 25.5. The van der Waals surface area contributed by atoms with Crippen LogP contribution in [0.5, 0.6) is 0 Å². The van der Waals surface area contributed by atoms with Gasteiger partial charge < -0.3 is 29.4 Å². The Bertz CT molecular complexity index is 819. The van der Waals surface area contributed by atoms with Crippen LogP contribution in [-0.4, -0.2) is 49.6 Å². The van der Waals surface area contributed by atoms with Crippen LogP contribution < -0.4 is 5.73 Å². The van der Waals surface area contributed by atoms with Crippen LogP contribution in [0.4, 0.5) is 0 Å². The molecule has 0 radical (unpaired) electrons. The van der Waals surface area contributed by atoms with E-state index in [1.165, 1.54) is 6.92 Å². The first-order chi connectivity index (χ1) is 15.1. The third-order valence-corrected chi connectivity index (χ3v) is 4.92. The minimum atomic E-state index is -0.935. The summed E-state index contributed by atoms with van der Waals surface area (Å²) in [6, 6.07) is 18.6. The maximum atomic E-state index is 11.4. The van der Waals surface area contributed by atoms with Crippen LogP contribution in [0.15, 0.2) is 60.7 Å². The zero-order chi connectivity index (χ0) is 22.1. The Hall–Kier alpha value is -2.78. The van der Waals surface area contributed by atoms with E-state index in [-0.39, 0.29) is 6.61 Å². The molecule has 1 fully saturated rings. The molecule has 1 aliphatic heterocycles. The number of nitrogens with one attached hydrogen (secondary N) is 1. The Morgan fingerprint density at radius 2 is 1.55 bits per heavy atom. The Kier molecular flexibility index (Phi) is 8.54. The second kappa shape index (κ2) is 11.6. The van der Waals surface area contributed by atoms with Crippen molar-refractivity contribution in [3.8, 4) is 0 Å². The summed E-state index contributed by atoms with van der Waals surface area (Å²) >= 11 is 0. The summed E-state index contributed by atoms with van der Waals surface area (Å²) < 4.78 is 28.7. The van der Waals surface area contributed by atoms with Gasteiger partial charge in [-0.05, 0) is 11.1 Å². The molecule has 5 atom stereocenters. The van der Waals surface area contributed by atoms with Crippen molar-refractivity contribution in [1.29, 1.82) is 5.41 Å². The van der Waals surface area contributed by atoms with Gasteiger partial charge in [-0.15, -0.1) is 0 Å². The van der Waals surface area contributed by atoms with Gasteiger partial charge in [-0.2, -0.15) is 0 Å². The van der Waals surface area contributed by atoms with Crippen molar-refractivity contribution in [3.05, 3.63) is 71.8 Å². The van der Waals surface area contributed by atoms with E-state index in [0.717, 1.165) is 17.5 Å². The van der Waals surface area contributed by atoms with Gasteiger partial charge in [0.15, 0.2) is 6.40 Å². The minimum absolute atomic E-state index is 0.0510. The first-order valence-electron chi connectivity index (χ1n) is 10.1. The molecule has 0 saturated carbocycles. The molecular formula is C23H28N2O6. The van der Waals surface area contributed by atoms with Crippen LogP contribution in [0.2, 0.25) is 0 Å². The Balaban J connectivity index is 1.80. The zero-order valence-electron chi connectivity index (χ0n) is 17.4. The second-order valence-corrected chi connectivity index (χ2v) is 7.20. The monoisotopic (exact) mass is 428 g/mol. The van der Waals surface area contributed by atoms with Gasteiger partial charge in [0.05, 0.1) is 19.3 Å². The van der Waals surface area contributed by atoms with Crippen LogP contribution in [0.3, 0.4) is 0 Å². The summed E-state index contributed by atoms with van der Waals surface area (Å²) in [4.78, 5) is 11.4. The van der Waals surface area contributed by atoms with E-state index >= 15 is 0 Å². The standard InChI is InChI=1S/C23H28N2O6/c1-16(26)27-14-19-21(28-12-17-8-4-2-5-9-17)22(20(25)23(31-19)30-15-24)29-13-18-10-6-3-7-11-18/h2-11,15,19-24H,12-14,25H2,1H3. The maximum Gasteiger partial charge on any atom is 0.302 e. The molecule has 2 aromatic rings. The number of carbonyl (C=O) groups excluding carboxylic acids is 1. The number of carbonyl (C=O) groups is 1. The number of esters is 1. The zero-order valence-corrected chi connectivity index (χ0v) is 17.4. The molecule has 5 unspecified atom stereocenters. The molecule has 0 aromatic heterocycles. The molecule has 0 spiro atoms. The molecule has 1 aliphatic rings. The van der Waals surface area contributed by atoms with Gasteiger partial charge in [0.25, 0.3) is 0 Å². The van der Waals surface area contributed by atoms with Crippen LogP contribution in [-0.2, 0) is 41.7 Å². The molecule has 166 valence electrons. The summed E-state index contributed by atoms with van der Waals surface area (Å²) in [5.74, 6) is -0.438. The molecule has 31 heavy (non-hydrogen) atoms. The predicted molar refractivity (Wildman–Crippen MR) is 113 cm³/mol. The lowest BCUT2D eigenvalue weighted by Crippen LogP contribution is -2.64. The SMILES string of the molecule is CC(=O)OCC1OC(OC=N)C(N)C(OCc2ccccc2)C1OCc1ccccc1. The molecule has 1 heterocycles. The van der Waals surface area contributed by atoms with Gasteiger partial charge in [0.2, 0.25) is 6.29 Å². The topological polar surface area (TPSA) is 113 Å². The van der Waals surface area contributed by atoms with E-state index in [4.69, 9.17) is 34.8 Å². The highest BCUT2D eigenvalue weighted by Gasteiger charge is 2.47. The molecule has 8 heteroatoms. The number of nitrogens with two attached hydrogens (primary N) is 1. The lowest BCUT2D eigenvalue weighted by atomic mass is 9.96. The average Bonchev–Trinajstić information content (AvgIpc) is 2.79. The Labute approximate surface area is 181 Å². The Morgan fingerprint density at radius 1 is 1.00 bits per heavy atom. The Morgan fingerprint density at radius 3 is 2.06 bits per heavy atom. The van der Waals surface area contributed by atoms with Gasteiger partial charge in [-0.1, -0.05) is 60.7 Å². The fourth-order valence-corrected chi connectivity index (χ4v) is 3.39. The highest BCUT2D eigenvalue weighted by molar-refractivity contribution is 5.65. The maximum absolute atomic E-state index is 11.4. The lowest BCUT2D eigenvalue weighted by molar-refractivity contribution is -0.266. The lowest BCUT2D eigenvalue weighted by Gasteiger charge is -2.44. The van der Waals surface area contributed by atoms with Gasteiger partial charge >= 0.3 is 5.97 Å². The van der Waals surface area contributed by atoms with Crippen molar-refractivity contribution in [2.75, 3.05) is 6.61 Å². The number of hydrogen-bond donors (Lipinski definition) is 2. The third-order valence-electron chi connectivity index (χ3n) is 4.92. The summed E-state index contributed by atoms with van der Waals surface area (Å²) in [6.45, 7) is 1.88. The highest BCUT2D eigenvalue weighted by atomic mass is 16.7. The second-order valence-electron chi connectivity index (χ2n) is 7.20. The molecule has 8 nitrogen and oxygen atoms in total. The van der Waals surface area contributed by atoms with Crippen LogP contribution >= 0.6 is 0 Å². The van der Waals surface area contributed by atoms with Crippen molar-refractivity contribution < 1.29 is 28.5 Å². The number of rotatable bonds is 10. The highest BCUT2D eigenvalue weighted by Crippen LogP contribution is 2.27. The van der Waals surface area contributed by atoms with Crippen LogP contribution in [0, 0.1) is 5.41 Å². The molecule has 2 aromatic carbocycles. The fraction of sp³-hybridized carbons (Fsp3) is 0.391. The van der Waals surface area contributed by atoms with Crippen LogP contribution in [0.1, 0.15) is 18.1 Å². The predicted octanol–water partition coefficient (Wildman–Crippen LogP) is 2.40. The quantitative estimate of drug-likeness (QED) is 0.339. The summed E-state index contributed by atoms with van der Waals surface area (Å²) in [5, 5.41) is 7.27. The van der Waals surface area contributed by atoms with E-state index in [9.17, 15) is 4.79 Å². The average molecular weight is 428 g/mol. The summed E-state index contributed by atoms with van der Waals surface area (Å²) in [7, 11) is 0. The van der Waals surface area contributed by atoms with E-state index in [0.29, 0.717) is 13.2 Å². The van der Waals surface area contributed by atoms with Crippen molar-refractivity contribution in [3.63, 3.8) is 0 Å². The van der Waals surface area contributed by atoms with Crippen molar-refractivity contribution >= 4 is 12.4 Å². The van der Waals surface area contributed by atoms with Gasteiger partial charge in [-0.25, -0.2) is 0 Å². The fourth-order valence-electron chi connectivity index (χ4n) is 3.39. The molecular weight excluding hydrogens is 400 g/mol. The first-order valence-corrected chi connectivity index (χ1v) is 10.1. The molecule has 1 saturated heterocycles. The van der Waals surface area contributed by atoms with E-state index in [1.54, 1.807) is 0 Å². The third kappa shape index (κ3) is 6.60. The molecule has 0 bridgehead atoms. The molecule has 3 rings (SSSR count). The summed E-state index contributed by atoms with van der Waals surface area (Å²) in [6.07, 6.45) is -2.09. The largest absolute Gasteiger partial charge is 0.463 e. The molecule has 0 aliphatic carbocycles. The van der Waals surface area contributed by atoms with Gasteiger partial charge in [0.1, 0.15) is 24.9 Å². The minimum Gasteiger partial charge on any atom is -0.463 e. The van der Waals surface area contributed by atoms with E-state index in [2.05, 4.69) is 0 Å². The van der Waals surface area contributed by atoms with Crippen LogP contribution in [0.25, 0.3) is 0 Å². The molecule has 3 N–H and O–H groups in total. The van der Waals surface area contributed by atoms with Crippen molar-refractivity contribution in [1.82, 2.24) is 0 Å². The number of ether oxygens (including phenoxy) is 5. The van der Waals surface area contributed by atoms with E-state index in [1.807, 2.05) is 60.7 Å². The molecule has 0 amide bonds. The van der Waals surface area contributed by atoms with Gasteiger partial charge in [-0.3, -0.25) is 10.2 Å². The number of hydrogen-bond acceptors (Lipinski definition) is 8. The smallest absolute Gasteiger partial charge is 0.302 e. The van der Waals surface area contributed by atoms with Crippen molar-refractivity contribution in [2.24, 2.45) is 5.73 Å². The van der Waals surface area contributed by atoms with E-state index < -0.39 is 36.6 Å². The van der Waals surface area contributed by atoms with Crippen molar-refractivity contribution in [2.45, 2.75) is 50.8 Å². The van der Waals surface area contributed by atoms with Gasteiger partial charge in [0, 0.05) is 6.92 Å². The number of benzene rings is 2.